The van der Waals surface area contributed by atoms with Gasteiger partial charge in [-0.3, -0.25) is 0 Å². The van der Waals surface area contributed by atoms with Crippen LogP contribution in [0.4, 0.5) is 4.39 Å². The van der Waals surface area contributed by atoms with Crippen molar-refractivity contribution >= 4 is 5.97 Å². The van der Waals surface area contributed by atoms with Crippen LogP contribution in [0, 0.1) is 11.7 Å². The topological polar surface area (TPSA) is 57.2 Å². The van der Waals surface area contributed by atoms with Crippen LogP contribution >= 0.6 is 0 Å². The highest BCUT2D eigenvalue weighted by molar-refractivity contribution is 5.71. The average molecular weight is 500 g/mol. The summed E-state index contributed by atoms with van der Waals surface area (Å²) >= 11 is 0. The number of benzene rings is 2. The molecule has 4 rings (SSSR count). The van der Waals surface area contributed by atoms with Crippen molar-refractivity contribution < 1.29 is 28.1 Å². The van der Waals surface area contributed by atoms with E-state index < -0.39 is 5.60 Å². The normalized spacial score (nSPS) is 20.6. The molecule has 0 unspecified atom stereocenters. The van der Waals surface area contributed by atoms with Crippen LogP contribution in [-0.2, 0) is 27.1 Å². The number of hydrogen-bond donors (Lipinski definition) is 0. The molecule has 0 saturated carbocycles. The number of hydrogen-bond acceptors (Lipinski definition) is 6. The Labute approximate surface area is 213 Å². The Bertz CT molecular complexity index is 1060. The zero-order chi connectivity index (χ0) is 25.7. The van der Waals surface area contributed by atoms with Gasteiger partial charge >= 0.3 is 5.97 Å². The fraction of sp³-hybridized carbons (Fsp3) is 0.552. The number of carbonyl (C=O) groups excluding carboxylic acids is 1. The fourth-order valence-electron chi connectivity index (χ4n) is 5.83. The first-order valence-corrected chi connectivity index (χ1v) is 12.9. The largest absolute Gasteiger partial charge is 0.457 e. The lowest BCUT2D eigenvalue weighted by atomic mass is 9.65. The number of likely N-dealkylation sites (N-methyl/N-ethyl adjacent to an activating group) is 1. The summed E-state index contributed by atoms with van der Waals surface area (Å²) in [7, 11) is 1.50. The lowest BCUT2D eigenvalue weighted by molar-refractivity contribution is -0.172. The fourth-order valence-corrected chi connectivity index (χ4v) is 5.83. The summed E-state index contributed by atoms with van der Waals surface area (Å²) in [5.41, 5.74) is 2.64. The number of nitrogens with zero attached hydrogens (tertiary/aromatic N) is 1. The van der Waals surface area contributed by atoms with Crippen molar-refractivity contribution in [1.82, 2.24) is 4.90 Å². The third-order valence-corrected chi connectivity index (χ3v) is 7.52. The first-order chi connectivity index (χ1) is 17.3. The summed E-state index contributed by atoms with van der Waals surface area (Å²) in [6.45, 7) is 9.22. The van der Waals surface area contributed by atoms with Gasteiger partial charge in [-0.25, -0.2) is 9.18 Å². The molecular formula is C29H38FNO5. The predicted octanol–water partition coefficient (Wildman–Crippen LogP) is 5.12. The molecule has 0 N–H and O–H groups in total. The first-order valence-electron chi connectivity index (χ1n) is 12.9. The van der Waals surface area contributed by atoms with Crippen LogP contribution in [0.2, 0.25) is 0 Å². The van der Waals surface area contributed by atoms with Crippen LogP contribution in [0.1, 0.15) is 56.2 Å². The molecule has 7 heteroatoms. The Hall–Kier alpha value is -2.64. The number of rotatable bonds is 11. The molecule has 2 aromatic carbocycles. The van der Waals surface area contributed by atoms with Crippen LogP contribution in [0.25, 0.3) is 0 Å². The van der Waals surface area contributed by atoms with Crippen molar-refractivity contribution in [2.45, 2.75) is 58.0 Å². The van der Waals surface area contributed by atoms with E-state index in [9.17, 15) is 9.18 Å². The van der Waals surface area contributed by atoms with E-state index in [2.05, 4.69) is 37.8 Å². The molecule has 0 bridgehead atoms. The molecule has 1 aliphatic carbocycles. The molecule has 36 heavy (non-hydrogen) atoms. The van der Waals surface area contributed by atoms with Gasteiger partial charge < -0.3 is 23.8 Å². The number of halogens is 1. The average Bonchev–Trinajstić information content (AvgIpc) is 3.32. The third-order valence-electron chi connectivity index (χ3n) is 7.52. The number of carbonyl (C=O) groups is 1. The highest BCUT2D eigenvalue weighted by Crippen LogP contribution is 2.48. The Morgan fingerprint density at radius 2 is 1.97 bits per heavy atom. The monoisotopic (exact) mass is 499 g/mol. The standard InChI is InChI=1S/C29H38FNO5/c1-5-31(14-11-21-6-9-25-26(16-21)35-19-34-25)15-13-29(36-27(32)18-33-4)12-10-22-17-23(30)7-8-24(22)28(29)20(2)3/h6-9,16-17,20,28H,5,10-15,18-19H2,1-4H3/t28-,29-/m1/s1. The molecule has 1 heterocycles. The number of methoxy groups -OCH3 is 1. The number of ether oxygens (including phenoxy) is 4. The van der Waals surface area contributed by atoms with Crippen LogP contribution in [0.3, 0.4) is 0 Å². The zero-order valence-corrected chi connectivity index (χ0v) is 21.8. The van der Waals surface area contributed by atoms with E-state index in [1.807, 2.05) is 12.1 Å². The molecule has 0 amide bonds. The highest BCUT2D eigenvalue weighted by atomic mass is 19.1. The van der Waals surface area contributed by atoms with Gasteiger partial charge in [0.15, 0.2) is 11.5 Å². The zero-order valence-electron chi connectivity index (χ0n) is 21.8. The molecule has 6 nitrogen and oxygen atoms in total. The van der Waals surface area contributed by atoms with E-state index in [1.54, 1.807) is 6.07 Å². The second-order valence-corrected chi connectivity index (χ2v) is 10.2. The van der Waals surface area contributed by atoms with E-state index in [0.717, 1.165) is 48.7 Å². The molecule has 2 aliphatic rings. The van der Waals surface area contributed by atoms with E-state index in [0.29, 0.717) is 19.3 Å². The SMILES string of the molecule is CCN(CCc1ccc2c(c1)OCO2)CC[C@]1(OC(=O)COC)CCc2cc(F)ccc2[C@H]1C(C)C. The molecule has 2 atom stereocenters. The van der Waals surface area contributed by atoms with E-state index in [-0.39, 0.29) is 37.0 Å². The maximum Gasteiger partial charge on any atom is 0.332 e. The van der Waals surface area contributed by atoms with Gasteiger partial charge in [0.1, 0.15) is 18.0 Å². The molecule has 2 aromatic rings. The smallest absolute Gasteiger partial charge is 0.332 e. The molecule has 1 aliphatic heterocycles. The maximum absolute atomic E-state index is 14.0. The van der Waals surface area contributed by atoms with Crippen molar-refractivity contribution in [2.24, 2.45) is 5.92 Å². The highest BCUT2D eigenvalue weighted by Gasteiger charge is 2.47. The Morgan fingerprint density at radius 1 is 1.17 bits per heavy atom. The molecule has 0 fully saturated rings. The van der Waals surface area contributed by atoms with Crippen molar-refractivity contribution in [3.63, 3.8) is 0 Å². The molecular weight excluding hydrogens is 461 g/mol. The van der Waals surface area contributed by atoms with E-state index in [1.165, 1.54) is 18.7 Å². The summed E-state index contributed by atoms with van der Waals surface area (Å²) in [4.78, 5) is 15.1. The third kappa shape index (κ3) is 5.84. The van der Waals surface area contributed by atoms with Gasteiger partial charge in [-0.15, -0.1) is 0 Å². The lowest BCUT2D eigenvalue weighted by Gasteiger charge is -2.47. The van der Waals surface area contributed by atoms with Crippen molar-refractivity contribution in [3.05, 3.63) is 58.9 Å². The minimum absolute atomic E-state index is 0.0183. The van der Waals surface area contributed by atoms with Gasteiger partial charge in [-0.05, 0) is 72.7 Å². The maximum atomic E-state index is 14.0. The lowest BCUT2D eigenvalue weighted by Crippen LogP contribution is -2.49. The number of fused-ring (bicyclic) bond motifs is 2. The minimum Gasteiger partial charge on any atom is -0.457 e. The number of aryl methyl sites for hydroxylation is 1. The van der Waals surface area contributed by atoms with Crippen LogP contribution in [0.5, 0.6) is 11.5 Å². The first kappa shape index (κ1) is 26.4. The van der Waals surface area contributed by atoms with E-state index >= 15 is 0 Å². The van der Waals surface area contributed by atoms with Gasteiger partial charge in [0.25, 0.3) is 0 Å². The summed E-state index contributed by atoms with van der Waals surface area (Å²) in [6.07, 6.45) is 2.94. The molecule has 0 radical (unpaired) electrons. The predicted molar refractivity (Wildman–Crippen MR) is 136 cm³/mol. The Kier molecular flexibility index (Phi) is 8.52. The van der Waals surface area contributed by atoms with Crippen LogP contribution in [0.15, 0.2) is 36.4 Å². The quantitative estimate of drug-likeness (QED) is 0.400. The second-order valence-electron chi connectivity index (χ2n) is 10.2. The van der Waals surface area contributed by atoms with Crippen LogP contribution in [-0.4, -0.2) is 56.6 Å². The van der Waals surface area contributed by atoms with Crippen LogP contribution < -0.4 is 9.47 Å². The Morgan fingerprint density at radius 3 is 2.72 bits per heavy atom. The molecule has 0 aromatic heterocycles. The van der Waals surface area contributed by atoms with Gasteiger partial charge in [-0.1, -0.05) is 32.9 Å². The van der Waals surface area contributed by atoms with Crippen molar-refractivity contribution in [3.8, 4) is 11.5 Å². The second kappa shape index (κ2) is 11.6. The summed E-state index contributed by atoms with van der Waals surface area (Å²) < 4.78 is 36.3. The Balaban J connectivity index is 1.51. The van der Waals surface area contributed by atoms with Gasteiger partial charge in [0, 0.05) is 32.5 Å². The summed E-state index contributed by atoms with van der Waals surface area (Å²) in [6, 6.07) is 11.1. The minimum atomic E-state index is -0.666. The molecule has 0 spiro atoms. The summed E-state index contributed by atoms with van der Waals surface area (Å²) in [5, 5.41) is 0. The van der Waals surface area contributed by atoms with Gasteiger partial charge in [0.2, 0.25) is 6.79 Å². The van der Waals surface area contributed by atoms with Gasteiger partial charge in [-0.2, -0.15) is 0 Å². The number of esters is 1. The molecule has 196 valence electrons. The van der Waals surface area contributed by atoms with E-state index in [4.69, 9.17) is 18.9 Å². The summed E-state index contributed by atoms with van der Waals surface area (Å²) in [5.74, 6) is 1.22. The van der Waals surface area contributed by atoms with Gasteiger partial charge in [0.05, 0.1) is 0 Å². The van der Waals surface area contributed by atoms with Crippen molar-refractivity contribution in [1.29, 1.82) is 0 Å². The van der Waals surface area contributed by atoms with Crippen molar-refractivity contribution in [2.75, 3.05) is 40.1 Å². The molecule has 0 saturated heterocycles.